The number of nitrogens with one attached hydrogen (secondary N) is 2. The Bertz CT molecular complexity index is 725. The van der Waals surface area contributed by atoms with E-state index in [2.05, 4.69) is 29.6 Å². The molecule has 0 saturated heterocycles. The number of benzene rings is 1. The topological polar surface area (TPSA) is 84.2 Å². The Hall–Kier alpha value is -2.28. The van der Waals surface area contributed by atoms with Gasteiger partial charge >= 0.3 is 0 Å². The number of carbonyl (C=O) groups is 2. The Kier molecular flexibility index (Phi) is 6.64. The van der Waals surface area contributed by atoms with Crippen molar-refractivity contribution in [1.29, 1.82) is 0 Å². The molecule has 6 nitrogen and oxygen atoms in total. The maximum Gasteiger partial charge on any atom is 0.238 e. The molecule has 0 saturated carbocycles. The van der Waals surface area contributed by atoms with Gasteiger partial charge in [0.25, 0.3) is 0 Å². The summed E-state index contributed by atoms with van der Waals surface area (Å²) in [6.45, 7) is 7.74. The molecule has 1 unspecified atom stereocenters. The zero-order valence-electron chi connectivity index (χ0n) is 14.8. The number of aromatic nitrogens is 1. The standard InChI is InChI=1S/C18H23N3O3S/c1-11(2)14-5-7-15(8-6-14)19-17(22)10-25-13(4)18(23)20-16-9-12(3)24-21-16/h5-9,11,13H,10H2,1-4H3,(H,19,22)(H,20,21,23). The fraction of sp³-hybridized carbons (Fsp3) is 0.389. The van der Waals surface area contributed by atoms with E-state index < -0.39 is 0 Å². The molecule has 0 bridgehead atoms. The lowest BCUT2D eigenvalue weighted by Crippen LogP contribution is -2.25. The van der Waals surface area contributed by atoms with Crippen LogP contribution in [0.15, 0.2) is 34.9 Å². The molecule has 1 aromatic heterocycles. The highest BCUT2D eigenvalue weighted by Gasteiger charge is 2.17. The lowest BCUT2D eigenvalue weighted by Gasteiger charge is -2.11. The number of nitrogens with zero attached hydrogens (tertiary/aromatic N) is 1. The SMILES string of the molecule is Cc1cc(NC(=O)C(C)SCC(=O)Nc2ccc(C(C)C)cc2)no1. The Labute approximate surface area is 151 Å². The van der Waals surface area contributed by atoms with E-state index in [1.165, 1.54) is 17.3 Å². The first-order valence-electron chi connectivity index (χ1n) is 8.10. The second kappa shape index (κ2) is 8.71. The monoisotopic (exact) mass is 361 g/mol. The fourth-order valence-electron chi connectivity index (χ4n) is 2.08. The van der Waals surface area contributed by atoms with Gasteiger partial charge in [-0.1, -0.05) is 31.1 Å². The molecule has 0 aliphatic heterocycles. The van der Waals surface area contributed by atoms with Gasteiger partial charge in [0, 0.05) is 11.8 Å². The molecule has 7 heteroatoms. The van der Waals surface area contributed by atoms with Gasteiger partial charge in [0.1, 0.15) is 5.76 Å². The first-order chi connectivity index (χ1) is 11.8. The highest BCUT2D eigenvalue weighted by atomic mass is 32.2. The highest BCUT2D eigenvalue weighted by Crippen LogP contribution is 2.18. The molecule has 0 aliphatic carbocycles. The maximum atomic E-state index is 12.0. The highest BCUT2D eigenvalue weighted by molar-refractivity contribution is 8.01. The third-order valence-electron chi connectivity index (χ3n) is 3.57. The van der Waals surface area contributed by atoms with Crippen molar-refractivity contribution in [3.63, 3.8) is 0 Å². The molecule has 0 radical (unpaired) electrons. The summed E-state index contributed by atoms with van der Waals surface area (Å²) >= 11 is 1.26. The van der Waals surface area contributed by atoms with Gasteiger partial charge in [-0.3, -0.25) is 9.59 Å². The van der Waals surface area contributed by atoms with Gasteiger partial charge < -0.3 is 15.2 Å². The minimum absolute atomic E-state index is 0.140. The van der Waals surface area contributed by atoms with Crippen LogP contribution in [0.25, 0.3) is 0 Å². The average molecular weight is 361 g/mol. The number of anilines is 2. The molecule has 2 aromatic rings. The van der Waals surface area contributed by atoms with Crippen LogP contribution in [0.3, 0.4) is 0 Å². The van der Waals surface area contributed by atoms with Crippen LogP contribution in [0.4, 0.5) is 11.5 Å². The minimum atomic E-state index is -0.383. The summed E-state index contributed by atoms with van der Waals surface area (Å²) in [7, 11) is 0. The van der Waals surface area contributed by atoms with Crippen molar-refractivity contribution in [1.82, 2.24) is 5.16 Å². The number of hydrogen-bond donors (Lipinski definition) is 2. The molecule has 2 N–H and O–H groups in total. The van der Waals surface area contributed by atoms with Gasteiger partial charge in [0.15, 0.2) is 5.82 Å². The first-order valence-corrected chi connectivity index (χ1v) is 9.15. The molecule has 0 aliphatic rings. The van der Waals surface area contributed by atoms with E-state index in [0.717, 1.165) is 5.69 Å². The Balaban J connectivity index is 1.77. The van der Waals surface area contributed by atoms with Crippen molar-refractivity contribution < 1.29 is 14.1 Å². The van der Waals surface area contributed by atoms with E-state index in [0.29, 0.717) is 17.5 Å². The number of thioether (sulfide) groups is 1. The van der Waals surface area contributed by atoms with E-state index in [9.17, 15) is 9.59 Å². The van der Waals surface area contributed by atoms with Gasteiger partial charge in [-0.15, -0.1) is 11.8 Å². The van der Waals surface area contributed by atoms with Crippen LogP contribution in [0.1, 0.15) is 38.0 Å². The van der Waals surface area contributed by atoms with Crippen molar-refractivity contribution in [2.24, 2.45) is 0 Å². The Morgan fingerprint density at radius 3 is 2.40 bits per heavy atom. The quantitative estimate of drug-likeness (QED) is 0.783. The Morgan fingerprint density at radius 1 is 1.16 bits per heavy atom. The number of aryl methyl sites for hydroxylation is 1. The van der Waals surface area contributed by atoms with Gasteiger partial charge in [0.05, 0.1) is 11.0 Å². The normalized spacial score (nSPS) is 12.0. The molecule has 1 atom stereocenters. The number of carbonyl (C=O) groups excluding carboxylic acids is 2. The molecular formula is C18H23N3O3S. The maximum absolute atomic E-state index is 12.0. The number of rotatable bonds is 7. The summed E-state index contributed by atoms with van der Waals surface area (Å²) in [5.74, 6) is 1.29. The summed E-state index contributed by atoms with van der Waals surface area (Å²) in [6.07, 6.45) is 0. The summed E-state index contributed by atoms with van der Waals surface area (Å²) in [4.78, 5) is 24.1. The molecule has 1 aromatic carbocycles. The van der Waals surface area contributed by atoms with Crippen molar-refractivity contribution >= 4 is 35.1 Å². The van der Waals surface area contributed by atoms with Gasteiger partial charge in [-0.05, 0) is 37.5 Å². The molecular weight excluding hydrogens is 338 g/mol. The second-order valence-corrected chi connectivity index (χ2v) is 7.42. The lowest BCUT2D eigenvalue weighted by atomic mass is 10.0. The zero-order valence-corrected chi connectivity index (χ0v) is 15.6. The molecule has 1 heterocycles. The average Bonchev–Trinajstić information content (AvgIpc) is 2.98. The summed E-state index contributed by atoms with van der Waals surface area (Å²) < 4.78 is 4.90. The first kappa shape index (κ1) is 19.1. The third-order valence-corrected chi connectivity index (χ3v) is 4.72. The van der Waals surface area contributed by atoms with Crippen LogP contribution < -0.4 is 10.6 Å². The fourth-order valence-corrected chi connectivity index (χ4v) is 2.76. The van der Waals surface area contributed by atoms with E-state index in [4.69, 9.17) is 4.52 Å². The molecule has 2 amide bonds. The molecule has 0 fully saturated rings. The van der Waals surface area contributed by atoms with Crippen LogP contribution in [0.5, 0.6) is 0 Å². The van der Waals surface area contributed by atoms with Gasteiger partial charge in [-0.2, -0.15) is 0 Å². The van der Waals surface area contributed by atoms with Crippen LogP contribution in [-0.4, -0.2) is 28.0 Å². The largest absolute Gasteiger partial charge is 0.360 e. The molecule has 0 spiro atoms. The summed E-state index contributed by atoms with van der Waals surface area (Å²) in [6, 6.07) is 9.43. The number of hydrogen-bond acceptors (Lipinski definition) is 5. The third kappa shape index (κ3) is 5.94. The van der Waals surface area contributed by atoms with Gasteiger partial charge in [0.2, 0.25) is 11.8 Å². The van der Waals surface area contributed by atoms with E-state index >= 15 is 0 Å². The lowest BCUT2D eigenvalue weighted by molar-refractivity contribution is -0.115. The molecule has 134 valence electrons. The minimum Gasteiger partial charge on any atom is -0.360 e. The Morgan fingerprint density at radius 2 is 1.84 bits per heavy atom. The van der Waals surface area contributed by atoms with Crippen molar-refractivity contribution in [2.45, 2.75) is 38.9 Å². The van der Waals surface area contributed by atoms with Crippen molar-refractivity contribution in [3.05, 3.63) is 41.7 Å². The van der Waals surface area contributed by atoms with Crippen LogP contribution in [0.2, 0.25) is 0 Å². The predicted molar refractivity (Wildman–Crippen MR) is 101 cm³/mol. The molecule has 2 rings (SSSR count). The van der Waals surface area contributed by atoms with E-state index in [-0.39, 0.29) is 22.8 Å². The van der Waals surface area contributed by atoms with Crippen molar-refractivity contribution in [3.8, 4) is 0 Å². The van der Waals surface area contributed by atoms with Crippen LogP contribution in [0, 0.1) is 6.92 Å². The summed E-state index contributed by atoms with van der Waals surface area (Å²) in [5, 5.41) is 8.82. The van der Waals surface area contributed by atoms with E-state index in [1.807, 2.05) is 24.3 Å². The zero-order chi connectivity index (χ0) is 18.4. The second-order valence-electron chi connectivity index (χ2n) is 6.09. The van der Waals surface area contributed by atoms with E-state index in [1.54, 1.807) is 19.9 Å². The van der Waals surface area contributed by atoms with Crippen LogP contribution in [-0.2, 0) is 9.59 Å². The van der Waals surface area contributed by atoms with Crippen LogP contribution >= 0.6 is 11.8 Å². The predicted octanol–water partition coefficient (Wildman–Crippen LogP) is 3.81. The van der Waals surface area contributed by atoms with Gasteiger partial charge in [-0.25, -0.2) is 0 Å². The number of amides is 2. The molecule has 25 heavy (non-hydrogen) atoms. The van der Waals surface area contributed by atoms with Crippen molar-refractivity contribution in [2.75, 3.05) is 16.4 Å². The smallest absolute Gasteiger partial charge is 0.238 e. The summed E-state index contributed by atoms with van der Waals surface area (Å²) in [5.41, 5.74) is 1.98.